The summed E-state index contributed by atoms with van der Waals surface area (Å²) in [5, 5.41) is 4.63. The summed E-state index contributed by atoms with van der Waals surface area (Å²) in [5.74, 6) is 0. The Morgan fingerprint density at radius 2 is 2.11 bits per heavy atom. The summed E-state index contributed by atoms with van der Waals surface area (Å²) in [6.45, 7) is 6.90. The van der Waals surface area contributed by atoms with Gasteiger partial charge in [-0.1, -0.05) is 13.0 Å². The second-order valence-corrected chi connectivity index (χ2v) is 7.76. The lowest BCUT2D eigenvalue weighted by Crippen LogP contribution is -2.41. The van der Waals surface area contributed by atoms with E-state index in [-0.39, 0.29) is 6.04 Å². The van der Waals surface area contributed by atoms with E-state index in [4.69, 9.17) is 0 Å². The number of hydrogen-bond acceptors (Lipinski definition) is 4. The molecule has 0 fully saturated rings. The molecule has 0 saturated heterocycles. The lowest BCUT2D eigenvalue weighted by atomic mass is 10.3. The predicted octanol–water partition coefficient (Wildman–Crippen LogP) is 2.07. The Morgan fingerprint density at radius 1 is 1.44 bits per heavy atom. The van der Waals surface area contributed by atoms with E-state index >= 15 is 0 Å². The van der Waals surface area contributed by atoms with E-state index in [9.17, 15) is 8.42 Å². The molecule has 6 heteroatoms. The maximum atomic E-state index is 12.4. The molecule has 104 valence electrons. The molecule has 0 aliphatic carbocycles. The summed E-state index contributed by atoms with van der Waals surface area (Å²) in [6, 6.07) is 3.80. The molecule has 1 rings (SSSR count). The van der Waals surface area contributed by atoms with E-state index in [1.54, 1.807) is 25.3 Å². The molecule has 1 heterocycles. The van der Waals surface area contributed by atoms with E-state index in [2.05, 4.69) is 5.32 Å². The maximum absolute atomic E-state index is 12.4. The second-order valence-electron chi connectivity index (χ2n) is 4.37. The average molecular weight is 290 g/mol. The number of nitrogens with zero attached hydrogens (tertiary/aromatic N) is 1. The van der Waals surface area contributed by atoms with Gasteiger partial charge >= 0.3 is 0 Å². The molecular weight excluding hydrogens is 268 g/mol. The van der Waals surface area contributed by atoms with Gasteiger partial charge in [0.1, 0.15) is 0 Å². The van der Waals surface area contributed by atoms with Crippen molar-refractivity contribution in [3.8, 4) is 0 Å². The zero-order valence-electron chi connectivity index (χ0n) is 11.4. The molecule has 0 aliphatic heterocycles. The molecule has 0 amide bonds. The first kappa shape index (κ1) is 15.6. The molecule has 2 unspecified atom stereocenters. The van der Waals surface area contributed by atoms with Crippen LogP contribution in [-0.4, -0.2) is 38.1 Å². The molecule has 0 spiro atoms. The minimum Gasteiger partial charge on any atom is -0.316 e. The molecule has 1 N–H and O–H groups in total. The number of rotatable bonds is 7. The zero-order chi connectivity index (χ0) is 13.8. The molecule has 0 saturated carbocycles. The van der Waals surface area contributed by atoms with E-state index in [1.165, 1.54) is 4.31 Å². The highest BCUT2D eigenvalue weighted by molar-refractivity contribution is 7.89. The third-order valence-electron chi connectivity index (χ3n) is 3.09. The van der Waals surface area contributed by atoms with Crippen molar-refractivity contribution in [3.63, 3.8) is 0 Å². The first-order valence-corrected chi connectivity index (χ1v) is 8.50. The Kier molecular flexibility index (Phi) is 5.78. The molecule has 0 aliphatic rings. The zero-order valence-corrected chi connectivity index (χ0v) is 13.0. The summed E-state index contributed by atoms with van der Waals surface area (Å²) in [6.07, 6.45) is 0. The molecule has 4 nitrogen and oxygen atoms in total. The van der Waals surface area contributed by atoms with Crippen LogP contribution >= 0.6 is 11.3 Å². The molecule has 0 bridgehead atoms. The van der Waals surface area contributed by atoms with Crippen molar-refractivity contribution in [2.24, 2.45) is 0 Å². The molecular formula is C12H22N2O2S2. The highest BCUT2D eigenvalue weighted by Gasteiger charge is 2.29. The number of sulfonamides is 1. The van der Waals surface area contributed by atoms with Gasteiger partial charge < -0.3 is 5.32 Å². The minimum absolute atomic E-state index is 0.112. The van der Waals surface area contributed by atoms with Gasteiger partial charge in [-0.2, -0.15) is 4.31 Å². The molecule has 0 radical (unpaired) electrons. The van der Waals surface area contributed by atoms with Gasteiger partial charge in [-0.25, -0.2) is 8.42 Å². The standard InChI is InChI=1S/C12H22N2O2S2/c1-5-13-9-10(2)18(15,16)14(4)11(3)12-7-6-8-17-12/h6-8,10-11,13H,5,9H2,1-4H3. The first-order valence-electron chi connectivity index (χ1n) is 6.12. The van der Waals surface area contributed by atoms with Gasteiger partial charge in [0.15, 0.2) is 0 Å². The first-order chi connectivity index (χ1) is 8.41. The molecule has 18 heavy (non-hydrogen) atoms. The number of thiophene rings is 1. The van der Waals surface area contributed by atoms with E-state index in [0.717, 1.165) is 11.4 Å². The van der Waals surface area contributed by atoms with Crippen LogP contribution in [0.2, 0.25) is 0 Å². The van der Waals surface area contributed by atoms with Crippen LogP contribution < -0.4 is 5.32 Å². The van der Waals surface area contributed by atoms with Crippen molar-refractivity contribution in [2.75, 3.05) is 20.1 Å². The SMILES string of the molecule is CCNCC(C)S(=O)(=O)N(C)C(C)c1cccs1. The van der Waals surface area contributed by atoms with Gasteiger partial charge in [0, 0.05) is 18.5 Å². The predicted molar refractivity (Wildman–Crippen MR) is 77.4 cm³/mol. The lowest BCUT2D eigenvalue weighted by molar-refractivity contribution is 0.395. The van der Waals surface area contributed by atoms with Crippen molar-refractivity contribution in [2.45, 2.75) is 32.1 Å². The third kappa shape index (κ3) is 3.54. The Bertz CT molecular complexity index is 443. The van der Waals surface area contributed by atoms with Crippen LogP contribution in [0.15, 0.2) is 17.5 Å². The highest BCUT2D eigenvalue weighted by atomic mass is 32.2. The summed E-state index contributed by atoms with van der Waals surface area (Å²) in [4.78, 5) is 1.07. The molecule has 2 atom stereocenters. The monoisotopic (exact) mass is 290 g/mol. The Labute approximate surface area is 114 Å². The van der Waals surface area contributed by atoms with Crippen molar-refractivity contribution < 1.29 is 8.42 Å². The highest BCUT2D eigenvalue weighted by Crippen LogP contribution is 2.26. The molecule has 1 aromatic rings. The quantitative estimate of drug-likeness (QED) is 0.836. The third-order valence-corrected chi connectivity index (χ3v) is 6.44. The summed E-state index contributed by atoms with van der Waals surface area (Å²) < 4.78 is 26.2. The summed E-state index contributed by atoms with van der Waals surface area (Å²) >= 11 is 1.58. The van der Waals surface area contributed by atoms with Crippen molar-refractivity contribution >= 4 is 21.4 Å². The van der Waals surface area contributed by atoms with Crippen molar-refractivity contribution in [1.29, 1.82) is 0 Å². The lowest BCUT2D eigenvalue weighted by Gasteiger charge is -2.27. The molecule has 1 aromatic heterocycles. The van der Waals surface area contributed by atoms with Gasteiger partial charge in [0.2, 0.25) is 10.0 Å². The maximum Gasteiger partial charge on any atom is 0.218 e. The smallest absolute Gasteiger partial charge is 0.218 e. The van der Waals surface area contributed by atoms with Crippen LogP contribution in [0, 0.1) is 0 Å². The summed E-state index contributed by atoms with van der Waals surface area (Å²) in [5.41, 5.74) is 0. The van der Waals surface area contributed by atoms with Crippen LogP contribution in [-0.2, 0) is 10.0 Å². The fourth-order valence-corrected chi connectivity index (χ4v) is 4.01. The van der Waals surface area contributed by atoms with Gasteiger partial charge in [-0.15, -0.1) is 11.3 Å². The van der Waals surface area contributed by atoms with Crippen LogP contribution in [0.5, 0.6) is 0 Å². The second kappa shape index (κ2) is 6.65. The Balaban J connectivity index is 2.78. The van der Waals surface area contributed by atoms with E-state index in [0.29, 0.717) is 6.54 Å². The summed E-state index contributed by atoms with van der Waals surface area (Å²) in [7, 11) is -1.60. The number of hydrogen-bond donors (Lipinski definition) is 1. The van der Waals surface area contributed by atoms with E-state index in [1.807, 2.05) is 31.4 Å². The largest absolute Gasteiger partial charge is 0.316 e. The number of nitrogens with one attached hydrogen (secondary N) is 1. The topological polar surface area (TPSA) is 49.4 Å². The van der Waals surface area contributed by atoms with Crippen molar-refractivity contribution in [3.05, 3.63) is 22.4 Å². The van der Waals surface area contributed by atoms with Crippen LogP contribution in [0.4, 0.5) is 0 Å². The Morgan fingerprint density at radius 3 is 2.61 bits per heavy atom. The van der Waals surface area contributed by atoms with E-state index < -0.39 is 15.3 Å². The van der Waals surface area contributed by atoms with Crippen molar-refractivity contribution in [1.82, 2.24) is 9.62 Å². The van der Waals surface area contributed by atoms with Gasteiger partial charge in [0.05, 0.1) is 11.3 Å². The fraction of sp³-hybridized carbons (Fsp3) is 0.667. The van der Waals surface area contributed by atoms with Gasteiger partial charge in [0.25, 0.3) is 0 Å². The normalized spacial score (nSPS) is 15.8. The molecule has 0 aromatic carbocycles. The minimum atomic E-state index is -3.26. The van der Waals surface area contributed by atoms with Crippen LogP contribution in [0.1, 0.15) is 31.7 Å². The fourth-order valence-electron chi connectivity index (χ4n) is 1.67. The average Bonchev–Trinajstić information content (AvgIpc) is 2.87. The van der Waals surface area contributed by atoms with Gasteiger partial charge in [-0.05, 0) is 31.8 Å². The Hall–Kier alpha value is -0.430. The van der Waals surface area contributed by atoms with Crippen LogP contribution in [0.3, 0.4) is 0 Å². The van der Waals surface area contributed by atoms with Gasteiger partial charge in [-0.3, -0.25) is 0 Å². The van der Waals surface area contributed by atoms with Crippen LogP contribution in [0.25, 0.3) is 0 Å².